The van der Waals surface area contributed by atoms with Gasteiger partial charge in [-0.1, -0.05) is 22.9 Å². The quantitative estimate of drug-likeness (QED) is 0.429. The fraction of sp³-hybridized carbons (Fsp3) is 0.286. The van der Waals surface area contributed by atoms with Crippen LogP contribution >= 0.6 is 23.1 Å². The molecule has 2 N–H and O–H groups in total. The summed E-state index contributed by atoms with van der Waals surface area (Å²) in [5.41, 5.74) is 2.42. The molecule has 1 aromatic carbocycles. The van der Waals surface area contributed by atoms with Crippen molar-refractivity contribution in [3.05, 3.63) is 57.7 Å². The van der Waals surface area contributed by atoms with Crippen molar-refractivity contribution in [1.82, 2.24) is 10.1 Å². The number of nitrogens with zero attached hydrogens (tertiary/aromatic N) is 2. The van der Waals surface area contributed by atoms with Gasteiger partial charge in [0.05, 0.1) is 23.6 Å². The van der Waals surface area contributed by atoms with Gasteiger partial charge in [0, 0.05) is 17.1 Å². The molecule has 0 atom stereocenters. The van der Waals surface area contributed by atoms with Crippen LogP contribution in [0.15, 0.2) is 40.2 Å². The first-order chi connectivity index (χ1) is 15.4. The summed E-state index contributed by atoms with van der Waals surface area (Å²) in [5.74, 6) is 0.133. The number of benzene rings is 1. The molecule has 0 unspecified atom stereocenters. The van der Waals surface area contributed by atoms with Gasteiger partial charge < -0.3 is 19.9 Å². The van der Waals surface area contributed by atoms with E-state index >= 15 is 0 Å². The number of esters is 1. The Hall–Kier alpha value is -3.18. The number of amides is 2. The Kier molecular flexibility index (Phi) is 8.40. The van der Waals surface area contributed by atoms with Gasteiger partial charge in [0.1, 0.15) is 17.4 Å². The second kappa shape index (κ2) is 11.4. The third-order valence-corrected chi connectivity index (χ3v) is 5.78. The van der Waals surface area contributed by atoms with Crippen LogP contribution in [-0.2, 0) is 32.1 Å². The van der Waals surface area contributed by atoms with E-state index in [0.29, 0.717) is 22.3 Å². The topological polar surface area (TPSA) is 123 Å². The summed E-state index contributed by atoms with van der Waals surface area (Å²) < 4.78 is 10.0. The van der Waals surface area contributed by atoms with Gasteiger partial charge in [-0.05, 0) is 26.0 Å². The number of carbonyl (C=O) groups is 3. The number of thioether (sulfide) groups is 1. The van der Waals surface area contributed by atoms with Gasteiger partial charge in [-0.15, -0.1) is 23.1 Å². The molecule has 0 aliphatic heterocycles. The highest BCUT2D eigenvalue weighted by molar-refractivity contribution is 8.00. The van der Waals surface area contributed by atoms with E-state index in [1.807, 2.05) is 31.2 Å². The van der Waals surface area contributed by atoms with Gasteiger partial charge in [0.2, 0.25) is 11.8 Å². The van der Waals surface area contributed by atoms with E-state index in [0.717, 1.165) is 23.0 Å². The molecule has 3 rings (SSSR count). The lowest BCUT2D eigenvalue weighted by molar-refractivity contribution is -0.141. The number of nitrogens with one attached hydrogen (secondary N) is 2. The van der Waals surface area contributed by atoms with Gasteiger partial charge >= 0.3 is 5.97 Å². The summed E-state index contributed by atoms with van der Waals surface area (Å²) in [4.78, 5) is 40.2. The first-order valence-electron chi connectivity index (χ1n) is 9.64. The average molecular weight is 475 g/mol. The molecule has 3 aromatic rings. The molecular formula is C21H22N4O5S2. The first-order valence-corrected chi connectivity index (χ1v) is 11.7. The van der Waals surface area contributed by atoms with Gasteiger partial charge in [0.15, 0.2) is 5.82 Å². The zero-order chi connectivity index (χ0) is 22.9. The largest absolute Gasteiger partial charge is 0.459 e. The van der Waals surface area contributed by atoms with E-state index in [-0.39, 0.29) is 36.3 Å². The summed E-state index contributed by atoms with van der Waals surface area (Å²) in [6.07, 6.45) is 0.141. The number of thiazole rings is 1. The van der Waals surface area contributed by atoms with Crippen molar-refractivity contribution in [2.24, 2.45) is 0 Å². The van der Waals surface area contributed by atoms with Crippen LogP contribution in [0.1, 0.15) is 22.0 Å². The molecule has 0 bridgehead atoms. The summed E-state index contributed by atoms with van der Waals surface area (Å²) in [6.45, 7) is 3.71. The Morgan fingerprint density at radius 1 is 1.09 bits per heavy atom. The van der Waals surface area contributed by atoms with Crippen LogP contribution in [0.25, 0.3) is 0 Å². The van der Waals surface area contributed by atoms with Gasteiger partial charge in [-0.3, -0.25) is 14.4 Å². The highest BCUT2D eigenvalue weighted by Gasteiger charge is 2.12. The molecule has 2 heterocycles. The number of carbonyl (C=O) groups excluding carboxylic acids is 3. The van der Waals surface area contributed by atoms with Crippen LogP contribution in [0.4, 0.5) is 11.5 Å². The van der Waals surface area contributed by atoms with E-state index in [1.54, 1.807) is 18.4 Å². The Morgan fingerprint density at radius 2 is 1.88 bits per heavy atom. The van der Waals surface area contributed by atoms with E-state index in [9.17, 15) is 14.4 Å². The maximum absolute atomic E-state index is 12.2. The maximum Gasteiger partial charge on any atom is 0.316 e. The zero-order valence-corrected chi connectivity index (χ0v) is 19.2. The van der Waals surface area contributed by atoms with E-state index in [1.165, 1.54) is 11.3 Å². The molecule has 32 heavy (non-hydrogen) atoms. The molecule has 0 spiro atoms. The Labute approximate surface area is 192 Å². The van der Waals surface area contributed by atoms with Crippen LogP contribution in [0, 0.1) is 13.8 Å². The predicted octanol–water partition coefficient (Wildman–Crippen LogP) is 3.34. The van der Waals surface area contributed by atoms with Gasteiger partial charge in [0.25, 0.3) is 0 Å². The molecule has 0 aliphatic rings. The lowest BCUT2D eigenvalue weighted by Crippen LogP contribution is -2.16. The fourth-order valence-corrected chi connectivity index (χ4v) is 3.89. The van der Waals surface area contributed by atoms with Gasteiger partial charge in [-0.25, -0.2) is 4.98 Å². The predicted molar refractivity (Wildman–Crippen MR) is 123 cm³/mol. The summed E-state index contributed by atoms with van der Waals surface area (Å²) >= 11 is 2.46. The Morgan fingerprint density at radius 3 is 2.59 bits per heavy atom. The van der Waals surface area contributed by atoms with Crippen LogP contribution < -0.4 is 10.6 Å². The van der Waals surface area contributed by atoms with Crippen molar-refractivity contribution in [3.8, 4) is 0 Å². The number of hydrogen-bond acceptors (Lipinski definition) is 9. The number of rotatable bonds is 10. The third kappa shape index (κ3) is 7.82. The van der Waals surface area contributed by atoms with Crippen molar-refractivity contribution in [2.75, 3.05) is 22.1 Å². The Balaban J connectivity index is 1.33. The number of ether oxygens (including phenoxy) is 1. The minimum absolute atomic E-state index is 0.0138. The van der Waals surface area contributed by atoms with Gasteiger partial charge in [-0.2, -0.15) is 0 Å². The minimum atomic E-state index is -0.452. The number of anilines is 2. The molecule has 2 aromatic heterocycles. The highest BCUT2D eigenvalue weighted by Crippen LogP contribution is 2.14. The second-order valence-electron chi connectivity index (χ2n) is 6.85. The third-order valence-electron chi connectivity index (χ3n) is 3.98. The Bertz CT molecular complexity index is 1080. The lowest BCUT2D eigenvalue weighted by Gasteiger charge is -2.04. The summed E-state index contributed by atoms with van der Waals surface area (Å²) in [6, 6.07) is 9.14. The summed E-state index contributed by atoms with van der Waals surface area (Å²) in [5, 5.41) is 11.4. The molecule has 9 nitrogen and oxygen atoms in total. The number of aryl methyl sites for hydroxylation is 2. The monoisotopic (exact) mass is 474 g/mol. The lowest BCUT2D eigenvalue weighted by atomic mass is 10.2. The molecule has 0 saturated heterocycles. The molecule has 0 fully saturated rings. The van der Waals surface area contributed by atoms with E-state index in [4.69, 9.17) is 9.26 Å². The molecule has 11 heteroatoms. The van der Waals surface area contributed by atoms with Crippen LogP contribution in [0.2, 0.25) is 0 Å². The van der Waals surface area contributed by atoms with E-state index in [2.05, 4.69) is 20.8 Å². The number of aromatic nitrogens is 2. The first kappa shape index (κ1) is 23.5. The van der Waals surface area contributed by atoms with Crippen molar-refractivity contribution >= 4 is 52.4 Å². The second-order valence-corrected chi connectivity index (χ2v) is 8.78. The number of hydrogen-bond donors (Lipinski definition) is 2. The maximum atomic E-state index is 12.2. The summed E-state index contributed by atoms with van der Waals surface area (Å²) in [7, 11) is 0. The van der Waals surface area contributed by atoms with Crippen molar-refractivity contribution in [3.63, 3.8) is 0 Å². The van der Waals surface area contributed by atoms with Crippen LogP contribution in [0.5, 0.6) is 0 Å². The molecule has 0 radical (unpaired) electrons. The average Bonchev–Trinajstić information content (AvgIpc) is 3.36. The van der Waals surface area contributed by atoms with Crippen LogP contribution in [-0.4, -0.2) is 39.4 Å². The van der Waals surface area contributed by atoms with E-state index < -0.39 is 5.97 Å². The normalized spacial score (nSPS) is 10.6. The van der Waals surface area contributed by atoms with Crippen LogP contribution in [0.3, 0.4) is 0 Å². The zero-order valence-electron chi connectivity index (χ0n) is 17.5. The highest BCUT2D eigenvalue weighted by atomic mass is 32.2. The molecule has 2 amide bonds. The molecule has 0 aliphatic carbocycles. The minimum Gasteiger partial charge on any atom is -0.459 e. The standard InChI is InChI=1S/C21H22N4O5S2/c1-13-3-5-15(6-4-13)22-18(26)8-20-23-16(10-32-20)9-29-21(28)12-31-11-19(27)24-17-7-14(2)30-25-17/h3-7,10H,8-9,11-12H2,1-2H3,(H,22,26)(H,24,25,27). The fourth-order valence-electron chi connectivity index (χ4n) is 2.50. The molecular weight excluding hydrogens is 452 g/mol. The SMILES string of the molecule is Cc1ccc(NC(=O)Cc2nc(COC(=O)CSCC(=O)Nc3cc(C)on3)cs2)cc1. The molecule has 168 valence electrons. The van der Waals surface area contributed by atoms with Crippen molar-refractivity contribution in [2.45, 2.75) is 26.9 Å². The molecule has 0 saturated carbocycles. The van der Waals surface area contributed by atoms with Crippen molar-refractivity contribution in [1.29, 1.82) is 0 Å². The van der Waals surface area contributed by atoms with Crippen molar-refractivity contribution < 1.29 is 23.6 Å². The smallest absolute Gasteiger partial charge is 0.316 e.